The van der Waals surface area contributed by atoms with E-state index < -0.39 is 17.9 Å². The van der Waals surface area contributed by atoms with Gasteiger partial charge in [-0.25, -0.2) is 0 Å². The number of hydrogen-bond donors (Lipinski definition) is 9. The van der Waals surface area contributed by atoms with E-state index in [2.05, 4.69) is 275 Å². The number of hydrogen-bond acceptors (Lipinski definition) is 15. The Labute approximate surface area is 628 Å². The van der Waals surface area contributed by atoms with E-state index in [9.17, 15) is 29.7 Å². The number of rotatable bonds is 6. The minimum absolute atomic E-state index is 0.0534. The molecule has 0 radical (unpaired) electrons. The zero-order valence-electron chi connectivity index (χ0n) is 58.3. The van der Waals surface area contributed by atoms with Crippen LogP contribution in [-0.2, 0) is 87.1 Å². The van der Waals surface area contributed by atoms with E-state index in [0.29, 0.717) is 50.1 Å². The molecular formula is C92H66N6O9. The minimum Gasteiger partial charge on any atom is -0.507 e. The summed E-state index contributed by atoms with van der Waals surface area (Å²) in [5.41, 5.74) is 5.07. The Morgan fingerprint density at radius 3 is 0.607 bits per heavy atom. The highest BCUT2D eigenvalue weighted by atomic mass is 16.5. The maximum atomic E-state index is 13.5. The molecule has 3 aromatic rings. The molecular weight excluding hydrogens is 1330 g/mol. The summed E-state index contributed by atoms with van der Waals surface area (Å²) in [6.45, 7) is 1.40. The number of fused-ring (bicyclic) bond motifs is 9. The average molecular weight is 1400 g/mol. The van der Waals surface area contributed by atoms with Crippen LogP contribution in [0.15, 0.2) is 36.4 Å². The van der Waals surface area contributed by atoms with Gasteiger partial charge in [0.25, 0.3) is 0 Å². The topological polar surface area (TPSA) is 212 Å². The van der Waals surface area contributed by atoms with Crippen molar-refractivity contribution < 1.29 is 43.9 Å². The molecule has 1 aliphatic heterocycles. The first-order valence-corrected chi connectivity index (χ1v) is 33.9. The number of ether oxygens (including phenoxy) is 3. The van der Waals surface area contributed by atoms with Crippen molar-refractivity contribution >= 4 is 17.9 Å². The normalized spacial score (nSPS) is 16.6. The van der Waals surface area contributed by atoms with Crippen LogP contribution in [0.4, 0.5) is 0 Å². The molecule has 3 saturated carbocycles. The van der Waals surface area contributed by atoms with Crippen LogP contribution in [0, 0.1) is 263 Å². The predicted molar refractivity (Wildman–Crippen MR) is 407 cm³/mol. The lowest BCUT2D eigenvalue weighted by Gasteiger charge is -2.34. The number of phenolic OH excluding ortho intramolecular Hbond substituents is 3. The predicted octanol–water partition coefficient (Wildman–Crippen LogP) is 4.78. The first kappa shape index (κ1) is 79.9. The summed E-state index contributed by atoms with van der Waals surface area (Å²) >= 11 is 0. The maximum Gasteiger partial charge on any atom is 0.324 e. The summed E-state index contributed by atoms with van der Waals surface area (Å²) in [7, 11) is 0. The van der Waals surface area contributed by atoms with Gasteiger partial charge in [-0.1, -0.05) is 74.9 Å². The first-order valence-electron chi connectivity index (χ1n) is 33.9. The van der Waals surface area contributed by atoms with E-state index in [1.54, 1.807) is 36.4 Å². The molecule has 3 aromatic carbocycles. The second-order valence-electron chi connectivity index (χ2n) is 23.6. The van der Waals surface area contributed by atoms with Gasteiger partial charge in [0.2, 0.25) is 0 Å². The molecule has 3 aliphatic carbocycles. The molecule has 4 aliphatic rings. The van der Waals surface area contributed by atoms with Gasteiger partial charge in [-0.05, 0) is 168 Å². The zero-order chi connectivity index (χ0) is 75.6. The van der Waals surface area contributed by atoms with Crippen molar-refractivity contribution in [3.05, 3.63) is 86.5 Å². The summed E-state index contributed by atoms with van der Waals surface area (Å²) in [6, 6.07) is 10.2. The molecule has 107 heavy (non-hydrogen) atoms. The average Bonchev–Trinajstić information content (AvgIpc) is 0.887. The largest absolute Gasteiger partial charge is 0.507 e. The lowest BCUT2D eigenvalue weighted by atomic mass is 9.89. The third-order valence-corrected chi connectivity index (χ3v) is 16.5. The molecule has 0 saturated heterocycles. The van der Waals surface area contributed by atoms with Crippen molar-refractivity contribution in [1.82, 2.24) is 31.9 Å². The molecule has 3 fully saturated rings. The Hall–Kier alpha value is -14.5. The van der Waals surface area contributed by atoms with Crippen molar-refractivity contribution in [3.63, 3.8) is 0 Å². The highest BCUT2D eigenvalue weighted by molar-refractivity contribution is 5.75. The fourth-order valence-electron chi connectivity index (χ4n) is 11.9. The highest BCUT2D eigenvalue weighted by Gasteiger charge is 2.30. The first-order chi connectivity index (χ1) is 52.5. The van der Waals surface area contributed by atoms with Crippen LogP contribution in [0.3, 0.4) is 0 Å². The van der Waals surface area contributed by atoms with Crippen molar-refractivity contribution in [2.75, 3.05) is 0 Å². The number of esters is 3. The highest BCUT2D eigenvalue weighted by Crippen LogP contribution is 2.32. The van der Waals surface area contributed by atoms with Crippen molar-refractivity contribution in [3.8, 4) is 280 Å². The van der Waals surface area contributed by atoms with Crippen LogP contribution >= 0.6 is 0 Å². The fourth-order valence-corrected chi connectivity index (χ4v) is 11.9. The third kappa shape index (κ3) is 30.3. The molecule has 1 heterocycles. The van der Waals surface area contributed by atoms with Crippen LogP contribution in [-0.4, -0.2) is 69.5 Å². The number of carbonyl (C=O) groups is 3. The molecule has 15 nitrogen and oxygen atoms in total. The molecule has 15 heteroatoms. The number of phenols is 3. The van der Waals surface area contributed by atoms with E-state index >= 15 is 0 Å². The van der Waals surface area contributed by atoms with E-state index in [1.165, 1.54) is 0 Å². The number of carbonyl (C=O) groups excluding carboxylic acids is 3. The Kier molecular flexibility index (Phi) is 35.5. The van der Waals surface area contributed by atoms with Crippen LogP contribution in [0.1, 0.15) is 127 Å². The second kappa shape index (κ2) is 47.6. The Balaban J connectivity index is 1.17. The van der Waals surface area contributed by atoms with E-state index in [4.69, 9.17) is 33.5 Å². The Morgan fingerprint density at radius 2 is 0.439 bits per heavy atom. The monoisotopic (exact) mass is 1400 g/mol. The van der Waals surface area contributed by atoms with Gasteiger partial charge >= 0.3 is 17.9 Å². The summed E-state index contributed by atoms with van der Waals surface area (Å²) in [5, 5.41) is 59.0. The molecule has 0 aromatic heterocycles. The summed E-state index contributed by atoms with van der Waals surface area (Å²) < 4.78 is 15.8. The molecule has 0 amide bonds. The van der Waals surface area contributed by atoms with Crippen LogP contribution in [0.5, 0.6) is 17.2 Å². The molecule has 7 rings (SSSR count). The number of nitrogens with one attached hydrogen (secondary N) is 6. The van der Waals surface area contributed by atoms with Gasteiger partial charge in [0.15, 0.2) is 0 Å². The lowest BCUT2D eigenvalue weighted by Crippen LogP contribution is -2.49. The van der Waals surface area contributed by atoms with Gasteiger partial charge in [-0.2, -0.15) is 0 Å². The third-order valence-electron chi connectivity index (χ3n) is 16.5. The maximum absolute atomic E-state index is 13.5. The fraction of sp³-hybridized carbons (Fsp3) is 0.293. The van der Waals surface area contributed by atoms with E-state index in [-0.39, 0.29) is 112 Å². The standard InChI is InChI=1S/C92H66N6O9/c1-4-7-10-13-16-19-21-23-25-26-28-30-32-35-38-47-56-107-89(101)65-74-61-79-69-96-84-51-42-40-49-82(84)94-67-76-58-72(63-87(99)105-54-45-36-33-18-15-12-9-6-3)57-75(90(76)102)66-93-81-48-39-41-50-83(81)95-68-77-59-73(64-88(100)106-55-46-37-34-31-29-27-24-22-20-17-14-11-8-5-2)60-78(91(77)103)70-97-85-52-43-44-53-86(85)98-71-80(62-74)92(79)104/h1-3,57-62,81-86,93-98,102-104H,39-44,48-53,63-71H2. The van der Waals surface area contributed by atoms with Crippen molar-refractivity contribution in [1.29, 1.82) is 0 Å². The Bertz CT molecular complexity index is 5350. The van der Waals surface area contributed by atoms with Crippen LogP contribution in [0.25, 0.3) is 0 Å². The summed E-state index contributed by atoms with van der Waals surface area (Å²) in [4.78, 5) is 40.3. The molecule has 6 unspecified atom stereocenters. The van der Waals surface area contributed by atoms with Gasteiger partial charge in [0.1, 0.15) is 35.6 Å². The van der Waals surface area contributed by atoms with Gasteiger partial charge < -0.3 is 61.4 Å². The van der Waals surface area contributed by atoms with Crippen molar-refractivity contribution in [2.45, 2.75) is 172 Å². The molecule has 9 N–H and O–H groups in total. The van der Waals surface area contributed by atoms with Gasteiger partial charge in [0, 0.05) is 221 Å². The number of benzene rings is 3. The number of terminal acetylenes is 3. The summed E-state index contributed by atoms with van der Waals surface area (Å²) in [6.07, 6.45) is 32.2. The van der Waals surface area contributed by atoms with E-state index in [0.717, 1.165) is 77.0 Å². The summed E-state index contributed by atoms with van der Waals surface area (Å²) in [5.74, 6) is 91.5. The SMILES string of the molecule is C#CC#CC#CC#CC#CC#CC#CC#CC#COC(=O)Cc1cc2c(O)c(c1)CNC1CCCCC1NCc1cc(CC(=O)OC#CC#CC#CC#CC#CC#CC#CC#C)cc(c1O)CNC1CCCCC1NCc1cc(CC(=O)OC#CC#CC#CC#CC#C)cc(c1O)CNC1CCCCC1NC2. The zero-order valence-corrected chi connectivity index (χ0v) is 58.3. The van der Waals surface area contributed by atoms with Crippen molar-refractivity contribution in [2.24, 2.45) is 0 Å². The molecule has 0 spiro atoms. The quantitative estimate of drug-likeness (QED) is 0.0924. The molecule has 6 bridgehead atoms. The molecule has 518 valence electrons. The lowest BCUT2D eigenvalue weighted by molar-refractivity contribution is -0.137. The van der Waals surface area contributed by atoms with Gasteiger partial charge in [-0.3, -0.25) is 14.4 Å². The van der Waals surface area contributed by atoms with Gasteiger partial charge in [-0.15, -0.1) is 19.3 Å². The van der Waals surface area contributed by atoms with Crippen LogP contribution < -0.4 is 31.9 Å². The Morgan fingerprint density at radius 1 is 0.280 bits per heavy atom. The van der Waals surface area contributed by atoms with E-state index in [1.807, 2.05) is 0 Å². The second-order valence-corrected chi connectivity index (χ2v) is 23.6. The van der Waals surface area contributed by atoms with Crippen LogP contribution in [0.2, 0.25) is 0 Å². The number of aromatic hydroxyl groups is 3. The minimum atomic E-state index is -0.656. The van der Waals surface area contributed by atoms with Gasteiger partial charge in [0.05, 0.1) is 19.3 Å². The molecule has 6 atom stereocenters. The smallest absolute Gasteiger partial charge is 0.324 e.